The minimum atomic E-state index is -0.247. The lowest BCUT2D eigenvalue weighted by Gasteiger charge is -2.03. The zero-order valence-corrected chi connectivity index (χ0v) is 9.71. The van der Waals surface area contributed by atoms with E-state index in [1.54, 1.807) is 12.3 Å². The summed E-state index contributed by atoms with van der Waals surface area (Å²) in [6.45, 7) is 0. The molecule has 0 fully saturated rings. The minimum absolute atomic E-state index is 0.0732. The Balaban J connectivity index is 2.38. The molecule has 0 saturated heterocycles. The van der Waals surface area contributed by atoms with Gasteiger partial charge in [-0.1, -0.05) is 0 Å². The average molecular weight is 248 g/mol. The molecule has 1 amide bonds. The number of carbonyl (C=O) groups excluding carboxylic acids is 1. The number of halogens is 1. The fourth-order valence-electron chi connectivity index (χ4n) is 1.68. The Morgan fingerprint density at radius 2 is 2.35 bits per heavy atom. The van der Waals surface area contributed by atoms with Crippen LogP contribution >= 0.6 is 11.6 Å². The Morgan fingerprint density at radius 1 is 1.53 bits per heavy atom. The first-order chi connectivity index (χ1) is 8.24. The molecule has 4 nitrogen and oxygen atoms in total. The van der Waals surface area contributed by atoms with E-state index < -0.39 is 0 Å². The SMILES string of the molecule is N#CCc1c[nH]c2ccc(NC(=O)CCl)cc12. The van der Waals surface area contributed by atoms with Crippen LogP contribution in [0.15, 0.2) is 24.4 Å². The molecule has 0 saturated carbocycles. The average Bonchev–Trinajstić information content (AvgIpc) is 2.73. The maximum absolute atomic E-state index is 11.2. The number of rotatable bonds is 3. The van der Waals surface area contributed by atoms with Gasteiger partial charge in [0.2, 0.25) is 5.91 Å². The van der Waals surface area contributed by atoms with E-state index in [-0.39, 0.29) is 11.8 Å². The van der Waals surface area contributed by atoms with E-state index >= 15 is 0 Å². The summed E-state index contributed by atoms with van der Waals surface area (Å²) in [7, 11) is 0. The molecule has 2 rings (SSSR count). The second-order valence-electron chi connectivity index (χ2n) is 3.59. The van der Waals surface area contributed by atoms with Crippen molar-refractivity contribution in [1.82, 2.24) is 4.98 Å². The number of nitrogens with zero attached hydrogens (tertiary/aromatic N) is 1. The van der Waals surface area contributed by atoms with Crippen LogP contribution in [0.1, 0.15) is 5.56 Å². The van der Waals surface area contributed by atoms with Crippen molar-refractivity contribution in [1.29, 1.82) is 5.26 Å². The third kappa shape index (κ3) is 2.40. The second kappa shape index (κ2) is 4.89. The summed E-state index contributed by atoms with van der Waals surface area (Å²) in [5.41, 5.74) is 2.55. The van der Waals surface area contributed by atoms with Crippen molar-refractivity contribution in [3.8, 4) is 6.07 Å². The lowest BCUT2D eigenvalue weighted by atomic mass is 10.1. The smallest absolute Gasteiger partial charge is 0.239 e. The largest absolute Gasteiger partial charge is 0.361 e. The van der Waals surface area contributed by atoms with Crippen LogP contribution in [0, 0.1) is 11.3 Å². The fourth-order valence-corrected chi connectivity index (χ4v) is 1.75. The topological polar surface area (TPSA) is 68.7 Å². The number of nitriles is 1. The van der Waals surface area contributed by atoms with Gasteiger partial charge < -0.3 is 10.3 Å². The van der Waals surface area contributed by atoms with Crippen molar-refractivity contribution >= 4 is 34.1 Å². The van der Waals surface area contributed by atoms with Gasteiger partial charge in [0, 0.05) is 22.8 Å². The lowest BCUT2D eigenvalue weighted by molar-refractivity contribution is -0.113. The van der Waals surface area contributed by atoms with Crippen LogP contribution in [0.3, 0.4) is 0 Å². The summed E-state index contributed by atoms with van der Waals surface area (Å²) in [6.07, 6.45) is 2.15. The number of H-pyrrole nitrogens is 1. The van der Waals surface area contributed by atoms with Gasteiger partial charge >= 0.3 is 0 Å². The molecule has 0 spiro atoms. The number of hydrogen-bond donors (Lipinski definition) is 2. The first-order valence-electron chi connectivity index (χ1n) is 5.07. The van der Waals surface area contributed by atoms with Crippen molar-refractivity contribution in [2.45, 2.75) is 6.42 Å². The standard InChI is InChI=1S/C12H10ClN3O/c13-6-12(17)16-9-1-2-11-10(5-9)8(3-4-14)7-15-11/h1-2,5,7,15H,3,6H2,(H,16,17). The number of hydrogen-bond acceptors (Lipinski definition) is 2. The van der Waals surface area contributed by atoms with Crippen molar-refractivity contribution in [2.24, 2.45) is 0 Å². The maximum Gasteiger partial charge on any atom is 0.239 e. The molecule has 0 atom stereocenters. The van der Waals surface area contributed by atoms with Crippen molar-refractivity contribution in [3.05, 3.63) is 30.0 Å². The van der Waals surface area contributed by atoms with E-state index in [1.165, 1.54) is 0 Å². The Labute approximate surface area is 103 Å². The maximum atomic E-state index is 11.2. The van der Waals surface area contributed by atoms with E-state index in [9.17, 15) is 4.79 Å². The van der Waals surface area contributed by atoms with E-state index in [0.29, 0.717) is 12.1 Å². The number of amides is 1. The Kier molecular flexibility index (Phi) is 3.31. The molecule has 1 aromatic heterocycles. The Hall–Kier alpha value is -1.99. The molecular weight excluding hydrogens is 238 g/mol. The van der Waals surface area contributed by atoms with Gasteiger partial charge in [-0.15, -0.1) is 11.6 Å². The summed E-state index contributed by atoms with van der Waals surface area (Å²) in [5, 5.41) is 12.3. The van der Waals surface area contributed by atoms with Gasteiger partial charge in [-0.2, -0.15) is 5.26 Å². The Bertz CT molecular complexity index is 597. The molecule has 17 heavy (non-hydrogen) atoms. The summed E-state index contributed by atoms with van der Waals surface area (Å²) >= 11 is 5.42. The molecule has 0 bridgehead atoms. The van der Waals surface area contributed by atoms with Gasteiger partial charge in [-0.05, 0) is 23.8 Å². The van der Waals surface area contributed by atoms with Crippen molar-refractivity contribution < 1.29 is 4.79 Å². The van der Waals surface area contributed by atoms with Gasteiger partial charge in [-0.3, -0.25) is 4.79 Å². The molecule has 2 aromatic rings. The molecule has 0 unspecified atom stereocenters. The van der Waals surface area contributed by atoms with E-state index in [0.717, 1.165) is 16.5 Å². The van der Waals surface area contributed by atoms with Crippen LogP contribution in [-0.4, -0.2) is 16.8 Å². The third-order valence-electron chi connectivity index (χ3n) is 2.44. The molecular formula is C12H10ClN3O. The number of aromatic amines is 1. The molecule has 0 aliphatic heterocycles. The van der Waals surface area contributed by atoms with Crippen molar-refractivity contribution in [3.63, 3.8) is 0 Å². The highest BCUT2D eigenvalue weighted by molar-refractivity contribution is 6.29. The Morgan fingerprint density at radius 3 is 3.06 bits per heavy atom. The first-order valence-corrected chi connectivity index (χ1v) is 5.61. The summed E-state index contributed by atoms with van der Waals surface area (Å²) in [4.78, 5) is 14.2. The monoisotopic (exact) mass is 247 g/mol. The molecule has 0 radical (unpaired) electrons. The predicted octanol–water partition coefficient (Wildman–Crippen LogP) is 2.41. The molecule has 1 aromatic carbocycles. The van der Waals surface area contributed by atoms with Gasteiger partial charge in [0.1, 0.15) is 5.88 Å². The first kappa shape index (κ1) is 11.5. The van der Waals surface area contributed by atoms with Crippen LogP contribution in [0.5, 0.6) is 0 Å². The summed E-state index contributed by atoms with van der Waals surface area (Å²) < 4.78 is 0. The zero-order valence-electron chi connectivity index (χ0n) is 8.96. The molecule has 1 heterocycles. The van der Waals surface area contributed by atoms with Gasteiger partial charge in [0.15, 0.2) is 0 Å². The molecule has 0 aliphatic rings. The van der Waals surface area contributed by atoms with Crippen LogP contribution in [-0.2, 0) is 11.2 Å². The highest BCUT2D eigenvalue weighted by Gasteiger charge is 2.05. The molecule has 86 valence electrons. The number of fused-ring (bicyclic) bond motifs is 1. The van der Waals surface area contributed by atoms with Gasteiger partial charge in [0.05, 0.1) is 12.5 Å². The summed E-state index contributed by atoms with van der Waals surface area (Å²) in [6, 6.07) is 7.59. The number of benzene rings is 1. The van der Waals surface area contributed by atoms with Crippen LogP contribution in [0.4, 0.5) is 5.69 Å². The number of carbonyl (C=O) groups is 1. The fraction of sp³-hybridized carbons (Fsp3) is 0.167. The minimum Gasteiger partial charge on any atom is -0.361 e. The van der Waals surface area contributed by atoms with Crippen LogP contribution in [0.2, 0.25) is 0 Å². The van der Waals surface area contributed by atoms with Gasteiger partial charge in [0.25, 0.3) is 0 Å². The number of anilines is 1. The van der Waals surface area contributed by atoms with Gasteiger partial charge in [-0.25, -0.2) is 0 Å². The molecule has 5 heteroatoms. The molecule has 2 N–H and O–H groups in total. The summed E-state index contributed by atoms with van der Waals surface area (Å²) in [5.74, 6) is -0.320. The van der Waals surface area contributed by atoms with E-state index in [1.807, 2.05) is 12.1 Å². The number of aromatic nitrogens is 1. The predicted molar refractivity (Wildman–Crippen MR) is 67.0 cm³/mol. The van der Waals surface area contributed by atoms with E-state index in [4.69, 9.17) is 16.9 Å². The second-order valence-corrected chi connectivity index (χ2v) is 3.86. The normalized spacial score (nSPS) is 10.1. The molecule has 0 aliphatic carbocycles. The third-order valence-corrected chi connectivity index (χ3v) is 2.68. The van der Waals surface area contributed by atoms with Crippen LogP contribution in [0.25, 0.3) is 10.9 Å². The quantitative estimate of drug-likeness (QED) is 0.818. The highest BCUT2D eigenvalue weighted by Crippen LogP contribution is 2.22. The van der Waals surface area contributed by atoms with Crippen molar-refractivity contribution in [2.75, 3.05) is 11.2 Å². The van der Waals surface area contributed by atoms with Crippen LogP contribution < -0.4 is 5.32 Å². The number of nitrogens with one attached hydrogen (secondary N) is 2. The number of alkyl halides is 1. The lowest BCUT2D eigenvalue weighted by Crippen LogP contribution is -2.12. The van der Waals surface area contributed by atoms with E-state index in [2.05, 4.69) is 16.4 Å². The zero-order chi connectivity index (χ0) is 12.3. The highest BCUT2D eigenvalue weighted by atomic mass is 35.5.